The zero-order valence-corrected chi connectivity index (χ0v) is 13.8. The van der Waals surface area contributed by atoms with Crippen LogP contribution in [0.3, 0.4) is 0 Å². The number of amides is 2. The Bertz CT molecular complexity index is 789. The minimum absolute atomic E-state index is 0.171. The first-order valence-electron chi connectivity index (χ1n) is 7.18. The van der Waals surface area contributed by atoms with Crippen LogP contribution < -0.4 is 10.6 Å². The summed E-state index contributed by atoms with van der Waals surface area (Å²) in [5, 5.41) is 5.37. The molecular formula is C17H14ClF3N2O2. The molecule has 0 aliphatic rings. The maximum atomic E-state index is 12.5. The number of alkyl halides is 3. The summed E-state index contributed by atoms with van der Waals surface area (Å²) in [5.74, 6) is -1.21. The Morgan fingerprint density at radius 1 is 0.960 bits per heavy atom. The van der Waals surface area contributed by atoms with E-state index in [0.717, 1.165) is 29.8 Å². The highest BCUT2D eigenvalue weighted by molar-refractivity contribution is 6.31. The molecule has 0 heterocycles. The average Bonchev–Trinajstić information content (AvgIpc) is 2.50. The molecule has 0 spiro atoms. The first-order valence-corrected chi connectivity index (χ1v) is 7.56. The van der Waals surface area contributed by atoms with E-state index in [1.165, 1.54) is 0 Å². The number of rotatable bonds is 4. The van der Waals surface area contributed by atoms with E-state index in [0.29, 0.717) is 10.7 Å². The highest BCUT2D eigenvalue weighted by Crippen LogP contribution is 2.29. The molecule has 0 aromatic heterocycles. The van der Waals surface area contributed by atoms with Gasteiger partial charge in [-0.25, -0.2) is 0 Å². The summed E-state index contributed by atoms with van der Waals surface area (Å²) < 4.78 is 37.4. The molecule has 2 rings (SSSR count). The second-order valence-corrected chi connectivity index (χ2v) is 5.72. The Morgan fingerprint density at radius 3 is 2.00 bits per heavy atom. The fourth-order valence-electron chi connectivity index (χ4n) is 1.97. The van der Waals surface area contributed by atoms with Gasteiger partial charge in [-0.2, -0.15) is 13.2 Å². The maximum Gasteiger partial charge on any atom is 0.416 e. The third kappa shape index (κ3) is 5.49. The van der Waals surface area contributed by atoms with E-state index in [9.17, 15) is 22.8 Å². The molecule has 2 aromatic carbocycles. The number of nitrogens with one attached hydrogen (secondary N) is 2. The van der Waals surface area contributed by atoms with Crippen LogP contribution in [-0.4, -0.2) is 11.8 Å². The van der Waals surface area contributed by atoms with E-state index in [1.54, 1.807) is 18.2 Å². The largest absolute Gasteiger partial charge is 0.416 e. The number of aryl methyl sites for hydroxylation is 1. The fraction of sp³-hybridized carbons (Fsp3) is 0.176. The van der Waals surface area contributed by atoms with Gasteiger partial charge in [-0.1, -0.05) is 17.7 Å². The van der Waals surface area contributed by atoms with Gasteiger partial charge in [-0.15, -0.1) is 0 Å². The number of carbonyl (C=O) groups excluding carboxylic acids is 2. The molecule has 132 valence electrons. The summed E-state index contributed by atoms with van der Waals surface area (Å²) in [6.07, 6.45) is -4.93. The standard InChI is InChI=1S/C17H14ClF3N2O2/c1-10-2-5-13(8-14(10)18)23-16(25)9-15(24)22-12-6-3-11(4-7-12)17(19,20)21/h2-8H,9H2,1H3,(H,22,24)(H,23,25). The molecule has 0 bridgehead atoms. The SMILES string of the molecule is Cc1ccc(NC(=O)CC(=O)Nc2ccc(C(F)(F)F)cc2)cc1Cl. The summed E-state index contributed by atoms with van der Waals surface area (Å²) in [4.78, 5) is 23.6. The predicted molar refractivity (Wildman–Crippen MR) is 89.5 cm³/mol. The Hall–Kier alpha value is -2.54. The van der Waals surface area contributed by atoms with E-state index in [-0.39, 0.29) is 5.69 Å². The Balaban J connectivity index is 1.91. The van der Waals surface area contributed by atoms with Crippen LogP contribution in [-0.2, 0) is 15.8 Å². The van der Waals surface area contributed by atoms with Crippen molar-refractivity contribution in [1.82, 2.24) is 0 Å². The fourth-order valence-corrected chi connectivity index (χ4v) is 2.15. The average molecular weight is 371 g/mol. The Kier molecular flexibility index (Phi) is 5.69. The monoisotopic (exact) mass is 370 g/mol. The van der Waals surface area contributed by atoms with E-state index in [2.05, 4.69) is 10.6 Å². The highest BCUT2D eigenvalue weighted by Gasteiger charge is 2.30. The van der Waals surface area contributed by atoms with Gasteiger partial charge in [0.15, 0.2) is 0 Å². The first kappa shape index (κ1) is 18.8. The van der Waals surface area contributed by atoms with Crippen molar-refractivity contribution < 1.29 is 22.8 Å². The van der Waals surface area contributed by atoms with Crippen molar-refractivity contribution in [1.29, 1.82) is 0 Å². The lowest BCUT2D eigenvalue weighted by atomic mass is 10.2. The van der Waals surface area contributed by atoms with Crippen LogP contribution in [0.5, 0.6) is 0 Å². The van der Waals surface area contributed by atoms with Crippen molar-refractivity contribution in [2.24, 2.45) is 0 Å². The molecule has 2 aromatic rings. The normalized spacial score (nSPS) is 11.1. The molecule has 0 saturated carbocycles. The summed E-state index contributed by atoms with van der Waals surface area (Å²) in [7, 11) is 0. The van der Waals surface area contributed by atoms with Gasteiger partial charge in [0, 0.05) is 16.4 Å². The minimum atomic E-state index is -4.45. The van der Waals surface area contributed by atoms with E-state index < -0.39 is 30.0 Å². The van der Waals surface area contributed by atoms with Crippen molar-refractivity contribution in [3.63, 3.8) is 0 Å². The second kappa shape index (κ2) is 7.57. The lowest BCUT2D eigenvalue weighted by Crippen LogP contribution is -2.21. The van der Waals surface area contributed by atoms with Gasteiger partial charge in [-0.3, -0.25) is 9.59 Å². The molecule has 0 radical (unpaired) electrons. The third-order valence-electron chi connectivity index (χ3n) is 3.27. The number of hydrogen-bond donors (Lipinski definition) is 2. The van der Waals surface area contributed by atoms with Crippen LogP contribution in [0, 0.1) is 6.92 Å². The predicted octanol–water partition coefficient (Wildman–Crippen LogP) is 4.63. The summed E-state index contributed by atoms with van der Waals surface area (Å²) in [5.41, 5.74) is 0.645. The molecule has 4 nitrogen and oxygen atoms in total. The van der Waals surface area contributed by atoms with Gasteiger partial charge in [0.1, 0.15) is 6.42 Å². The minimum Gasteiger partial charge on any atom is -0.326 e. The van der Waals surface area contributed by atoms with Crippen molar-refractivity contribution in [2.75, 3.05) is 10.6 Å². The smallest absolute Gasteiger partial charge is 0.326 e. The zero-order valence-electron chi connectivity index (χ0n) is 13.1. The second-order valence-electron chi connectivity index (χ2n) is 5.31. The van der Waals surface area contributed by atoms with E-state index in [4.69, 9.17) is 11.6 Å². The lowest BCUT2D eigenvalue weighted by Gasteiger charge is -2.09. The van der Waals surface area contributed by atoms with Crippen molar-refractivity contribution in [3.05, 3.63) is 58.6 Å². The number of carbonyl (C=O) groups is 2. The van der Waals surface area contributed by atoms with E-state index >= 15 is 0 Å². The molecule has 0 aliphatic carbocycles. The molecule has 2 amide bonds. The molecule has 2 N–H and O–H groups in total. The Morgan fingerprint density at radius 2 is 1.48 bits per heavy atom. The molecule has 25 heavy (non-hydrogen) atoms. The van der Waals surface area contributed by atoms with Gasteiger partial charge in [0.05, 0.1) is 5.56 Å². The van der Waals surface area contributed by atoms with Gasteiger partial charge in [-0.05, 0) is 48.9 Å². The van der Waals surface area contributed by atoms with E-state index in [1.807, 2.05) is 6.92 Å². The number of benzene rings is 2. The molecule has 0 atom stereocenters. The summed E-state index contributed by atoms with van der Waals surface area (Å²) in [6, 6.07) is 8.88. The summed E-state index contributed by atoms with van der Waals surface area (Å²) in [6.45, 7) is 1.81. The van der Waals surface area contributed by atoms with Gasteiger partial charge in [0.2, 0.25) is 11.8 Å². The van der Waals surface area contributed by atoms with Gasteiger partial charge < -0.3 is 10.6 Å². The maximum absolute atomic E-state index is 12.5. The van der Waals surface area contributed by atoms with Crippen LogP contribution >= 0.6 is 11.6 Å². The van der Waals surface area contributed by atoms with Crippen molar-refractivity contribution in [3.8, 4) is 0 Å². The van der Waals surface area contributed by atoms with Crippen molar-refractivity contribution in [2.45, 2.75) is 19.5 Å². The molecule has 8 heteroatoms. The zero-order chi connectivity index (χ0) is 18.6. The quantitative estimate of drug-likeness (QED) is 0.771. The lowest BCUT2D eigenvalue weighted by molar-refractivity contribution is -0.137. The first-order chi connectivity index (χ1) is 11.6. The number of hydrogen-bond acceptors (Lipinski definition) is 2. The molecule has 0 aliphatic heterocycles. The molecule has 0 saturated heterocycles. The van der Waals surface area contributed by atoms with Gasteiger partial charge >= 0.3 is 6.18 Å². The Labute approximate surface area is 147 Å². The van der Waals surface area contributed by atoms with Crippen LogP contribution in [0.1, 0.15) is 17.5 Å². The van der Waals surface area contributed by atoms with Gasteiger partial charge in [0.25, 0.3) is 0 Å². The molecular weight excluding hydrogens is 357 g/mol. The highest BCUT2D eigenvalue weighted by atomic mass is 35.5. The molecule has 0 fully saturated rings. The van der Waals surface area contributed by atoms with Crippen molar-refractivity contribution >= 4 is 34.8 Å². The van der Waals surface area contributed by atoms with Crippen LogP contribution in [0.4, 0.5) is 24.5 Å². The topological polar surface area (TPSA) is 58.2 Å². The van der Waals surface area contributed by atoms with Crippen LogP contribution in [0.15, 0.2) is 42.5 Å². The van der Waals surface area contributed by atoms with Crippen LogP contribution in [0.25, 0.3) is 0 Å². The number of halogens is 4. The van der Waals surface area contributed by atoms with Crippen LogP contribution in [0.2, 0.25) is 5.02 Å². The third-order valence-corrected chi connectivity index (χ3v) is 3.68. The summed E-state index contributed by atoms with van der Waals surface area (Å²) >= 11 is 5.94. The molecule has 0 unspecified atom stereocenters. The number of anilines is 2.